The lowest BCUT2D eigenvalue weighted by atomic mass is 9.87. The first-order chi connectivity index (χ1) is 24.2. The lowest BCUT2D eigenvalue weighted by molar-refractivity contribution is -0.138. The maximum Gasteiger partial charge on any atom is 0.416 e. The molecule has 51 heavy (non-hydrogen) atoms. The fraction of sp³-hybridized carbons (Fsp3) is 0.561. The highest BCUT2D eigenvalue weighted by Crippen LogP contribution is 2.58. The second kappa shape index (κ2) is 16.1. The van der Waals surface area contributed by atoms with Crippen LogP contribution in [0.4, 0.5) is 35.1 Å². The van der Waals surface area contributed by atoms with Crippen LogP contribution in [0.1, 0.15) is 131 Å². The molecule has 0 aliphatic heterocycles. The molecule has 3 aromatic rings. The SMILES string of the molecule is Cc1cc([P@](c2cc(C(F)F)cc(C(F)(F)F)c2)[C@H](C)C2CCCC2c2ccccc2P(C2CCCCC2)C2CCCCC2)cc(C(F)(F)F)c1. The Balaban J connectivity index is 1.47. The molecule has 6 rings (SSSR count). The van der Waals surface area contributed by atoms with Crippen molar-refractivity contribution in [3.63, 3.8) is 0 Å². The van der Waals surface area contributed by atoms with Gasteiger partial charge in [0.2, 0.25) is 0 Å². The molecule has 0 N–H and O–H groups in total. The minimum absolute atomic E-state index is 0.0359. The van der Waals surface area contributed by atoms with Gasteiger partial charge in [0.25, 0.3) is 6.43 Å². The zero-order chi connectivity index (χ0) is 36.5. The molecule has 0 heterocycles. The van der Waals surface area contributed by atoms with Crippen LogP contribution in [0, 0.1) is 12.8 Å². The molecule has 0 nitrogen and oxygen atoms in total. The molecule has 2 unspecified atom stereocenters. The van der Waals surface area contributed by atoms with Crippen LogP contribution in [0.25, 0.3) is 0 Å². The smallest absolute Gasteiger partial charge is 0.205 e. The van der Waals surface area contributed by atoms with E-state index < -0.39 is 51.3 Å². The number of rotatable bonds is 9. The Morgan fingerprint density at radius 2 is 1.18 bits per heavy atom. The Bertz CT molecular complexity index is 1600. The standard InChI is InChI=1S/C41H48F8P2/c1-26-20-29(40(44,45)46)24-33(21-26)50(34-23-28(39(42)43)22-30(25-34)41(47,48)49)27(2)35-17-11-18-36(35)37-16-9-10-19-38(37)51(31-12-5-3-6-13-31)32-14-7-4-8-15-32/h9-10,16,19-25,27,31-32,35-36,39H,3-8,11-15,17-18H2,1-2H3/t27-,35?,36?,50-/m1/s1. The highest BCUT2D eigenvalue weighted by atomic mass is 31.1. The third kappa shape index (κ3) is 8.86. The van der Waals surface area contributed by atoms with Crippen molar-refractivity contribution in [3.05, 3.63) is 88.5 Å². The van der Waals surface area contributed by atoms with Gasteiger partial charge < -0.3 is 0 Å². The van der Waals surface area contributed by atoms with E-state index in [0.717, 1.165) is 43.5 Å². The van der Waals surface area contributed by atoms with Gasteiger partial charge in [0.15, 0.2) is 0 Å². The Morgan fingerprint density at radius 3 is 1.75 bits per heavy atom. The molecule has 3 saturated carbocycles. The van der Waals surface area contributed by atoms with E-state index in [4.69, 9.17) is 0 Å². The van der Waals surface area contributed by atoms with Crippen LogP contribution in [-0.2, 0) is 12.4 Å². The number of alkyl halides is 8. The average molecular weight is 755 g/mol. The summed E-state index contributed by atoms with van der Waals surface area (Å²) in [6.45, 7) is 3.49. The summed E-state index contributed by atoms with van der Waals surface area (Å²) in [5, 5.41) is 1.77. The van der Waals surface area contributed by atoms with Crippen molar-refractivity contribution in [1.82, 2.24) is 0 Å². The van der Waals surface area contributed by atoms with Crippen molar-refractivity contribution in [1.29, 1.82) is 0 Å². The van der Waals surface area contributed by atoms with Gasteiger partial charge in [-0.2, -0.15) is 26.3 Å². The van der Waals surface area contributed by atoms with Crippen molar-refractivity contribution in [2.45, 2.75) is 139 Å². The molecule has 4 atom stereocenters. The monoisotopic (exact) mass is 754 g/mol. The zero-order valence-corrected chi connectivity index (χ0v) is 31.1. The lowest BCUT2D eigenvalue weighted by Crippen LogP contribution is -2.32. The predicted octanol–water partition coefficient (Wildman–Crippen LogP) is 13.1. The summed E-state index contributed by atoms with van der Waals surface area (Å²) >= 11 is 0. The number of hydrogen-bond acceptors (Lipinski definition) is 0. The molecule has 3 fully saturated rings. The van der Waals surface area contributed by atoms with Crippen LogP contribution in [0.3, 0.4) is 0 Å². The van der Waals surface area contributed by atoms with Crippen molar-refractivity contribution >= 4 is 31.8 Å². The van der Waals surface area contributed by atoms with Crippen molar-refractivity contribution < 1.29 is 35.1 Å². The topological polar surface area (TPSA) is 0 Å². The largest absolute Gasteiger partial charge is 0.416 e. The van der Waals surface area contributed by atoms with Gasteiger partial charge in [-0.25, -0.2) is 8.78 Å². The molecule has 3 aromatic carbocycles. The number of aryl methyl sites for hydroxylation is 1. The quantitative estimate of drug-likeness (QED) is 0.151. The molecule has 0 bridgehead atoms. The summed E-state index contributed by atoms with van der Waals surface area (Å²) in [6, 6.07) is 15.0. The van der Waals surface area contributed by atoms with Crippen LogP contribution in [0.15, 0.2) is 60.7 Å². The van der Waals surface area contributed by atoms with Crippen molar-refractivity contribution in [2.75, 3.05) is 0 Å². The van der Waals surface area contributed by atoms with Crippen LogP contribution >= 0.6 is 15.8 Å². The van der Waals surface area contributed by atoms with Gasteiger partial charge in [-0.15, -0.1) is 0 Å². The molecule has 278 valence electrons. The fourth-order valence-corrected chi connectivity index (χ4v) is 16.5. The molecule has 0 saturated heterocycles. The van der Waals surface area contributed by atoms with E-state index in [1.54, 1.807) is 13.0 Å². The summed E-state index contributed by atoms with van der Waals surface area (Å²) in [4.78, 5) is 0. The van der Waals surface area contributed by atoms with Gasteiger partial charge in [-0.05, 0) is 140 Å². The summed E-state index contributed by atoms with van der Waals surface area (Å²) in [7, 11) is -2.35. The second-order valence-corrected chi connectivity index (χ2v) is 20.4. The summed E-state index contributed by atoms with van der Waals surface area (Å²) in [5.74, 6) is 0.0526. The third-order valence-electron chi connectivity index (χ3n) is 11.6. The third-order valence-corrected chi connectivity index (χ3v) is 18.0. The first-order valence-corrected chi connectivity index (χ1v) is 21.5. The zero-order valence-electron chi connectivity index (χ0n) is 29.3. The van der Waals surface area contributed by atoms with Crippen LogP contribution in [0.5, 0.6) is 0 Å². The Kier molecular flexibility index (Phi) is 12.2. The van der Waals surface area contributed by atoms with Gasteiger partial charge in [-0.3, -0.25) is 0 Å². The molecule has 0 amide bonds. The van der Waals surface area contributed by atoms with Crippen LogP contribution < -0.4 is 15.9 Å². The van der Waals surface area contributed by atoms with Gasteiger partial charge in [-0.1, -0.05) is 90.1 Å². The Labute approximate surface area is 299 Å². The highest BCUT2D eigenvalue weighted by Gasteiger charge is 2.42. The minimum Gasteiger partial charge on any atom is -0.205 e. The molecule has 3 aliphatic rings. The van der Waals surface area contributed by atoms with E-state index in [9.17, 15) is 35.1 Å². The predicted molar refractivity (Wildman–Crippen MR) is 195 cm³/mol. The molecule has 0 aromatic heterocycles. The van der Waals surface area contributed by atoms with Gasteiger partial charge in [0.05, 0.1) is 11.1 Å². The lowest BCUT2D eigenvalue weighted by Gasteiger charge is -2.41. The van der Waals surface area contributed by atoms with E-state index in [0.29, 0.717) is 22.9 Å². The van der Waals surface area contributed by atoms with Gasteiger partial charge in [0.1, 0.15) is 0 Å². The Hall–Kier alpha value is -2.04. The van der Waals surface area contributed by atoms with Crippen LogP contribution in [0.2, 0.25) is 0 Å². The molecule has 3 aliphatic carbocycles. The van der Waals surface area contributed by atoms with Gasteiger partial charge >= 0.3 is 12.4 Å². The summed E-state index contributed by atoms with van der Waals surface area (Å²) in [5.41, 5.74) is -0.234. The van der Waals surface area contributed by atoms with Crippen LogP contribution in [-0.4, -0.2) is 17.0 Å². The van der Waals surface area contributed by atoms with Gasteiger partial charge in [0, 0.05) is 5.56 Å². The fourth-order valence-electron chi connectivity index (χ4n) is 9.34. The normalized spacial score (nSPS) is 22.5. The first-order valence-electron chi connectivity index (χ1n) is 18.6. The maximum atomic E-state index is 14.2. The maximum absolute atomic E-state index is 14.2. The minimum atomic E-state index is -4.89. The van der Waals surface area contributed by atoms with E-state index in [1.807, 2.05) is 6.92 Å². The van der Waals surface area contributed by atoms with E-state index in [2.05, 4.69) is 24.3 Å². The molecule has 10 heteroatoms. The van der Waals surface area contributed by atoms with Crippen molar-refractivity contribution in [3.8, 4) is 0 Å². The van der Waals surface area contributed by atoms with Crippen molar-refractivity contribution in [2.24, 2.45) is 5.92 Å². The molecular formula is C41H48F8P2. The average Bonchev–Trinajstić information content (AvgIpc) is 3.59. The van der Waals surface area contributed by atoms with E-state index in [1.165, 1.54) is 75.1 Å². The first kappa shape index (κ1) is 38.7. The molecule has 0 radical (unpaired) electrons. The summed E-state index contributed by atoms with van der Waals surface area (Å²) < 4.78 is 113. The van der Waals surface area contributed by atoms with E-state index in [-0.39, 0.29) is 28.1 Å². The Morgan fingerprint density at radius 1 is 0.627 bits per heavy atom. The van der Waals surface area contributed by atoms with E-state index >= 15 is 0 Å². The number of halogens is 8. The highest BCUT2D eigenvalue weighted by molar-refractivity contribution is 7.73. The molecule has 0 spiro atoms. The number of benzene rings is 3. The second-order valence-electron chi connectivity index (χ2n) is 15.0. The number of hydrogen-bond donors (Lipinski definition) is 0. The molecular weight excluding hydrogens is 706 g/mol. The summed E-state index contributed by atoms with van der Waals surface area (Å²) in [6.07, 6.45) is 2.35.